The Morgan fingerprint density at radius 3 is 2.42 bits per heavy atom. The van der Waals surface area contributed by atoms with Crippen LogP contribution in [0.1, 0.15) is 31.4 Å². The van der Waals surface area contributed by atoms with Crippen LogP contribution < -0.4 is 4.90 Å². The molecule has 104 valence electrons. The fourth-order valence-electron chi connectivity index (χ4n) is 3.13. The quantitative estimate of drug-likeness (QED) is 0.815. The molecule has 1 aromatic rings. The Morgan fingerprint density at radius 2 is 1.79 bits per heavy atom. The summed E-state index contributed by atoms with van der Waals surface area (Å²) in [7, 11) is 2.11. The maximum Gasteiger partial charge on any atom is 0.168 e. The number of ether oxygens (including phenoxy) is 2. The van der Waals surface area contributed by atoms with Crippen molar-refractivity contribution in [1.29, 1.82) is 0 Å². The predicted molar refractivity (Wildman–Crippen MR) is 72.1 cm³/mol. The van der Waals surface area contributed by atoms with Crippen molar-refractivity contribution in [3.63, 3.8) is 0 Å². The molecule has 5 nitrogen and oxygen atoms in total. The standard InChI is InChI=1S/C14H21N3O2/c1-11-13(16-8-7-15-11)17(2)12-3-5-14(6-4-12)18-9-10-19-14/h7-8,12H,3-6,9-10H2,1-2H3. The number of aromatic nitrogens is 2. The number of aryl methyl sites for hydroxylation is 1. The summed E-state index contributed by atoms with van der Waals surface area (Å²) in [4.78, 5) is 11.0. The summed E-state index contributed by atoms with van der Waals surface area (Å²) in [5.74, 6) is 0.700. The molecule has 2 heterocycles. The van der Waals surface area contributed by atoms with Gasteiger partial charge in [-0.25, -0.2) is 4.98 Å². The van der Waals surface area contributed by atoms with E-state index in [1.807, 2.05) is 6.92 Å². The van der Waals surface area contributed by atoms with Crippen LogP contribution in [-0.4, -0.2) is 42.1 Å². The Balaban J connectivity index is 1.66. The Bertz CT molecular complexity index is 436. The molecule has 5 heteroatoms. The fourth-order valence-corrected chi connectivity index (χ4v) is 3.13. The topological polar surface area (TPSA) is 47.5 Å². The summed E-state index contributed by atoms with van der Waals surface area (Å²) in [6.07, 6.45) is 7.59. The predicted octanol–water partition coefficient (Wildman–Crippen LogP) is 1.91. The third kappa shape index (κ3) is 2.44. The molecule has 1 saturated heterocycles. The lowest BCUT2D eigenvalue weighted by molar-refractivity contribution is -0.178. The van der Waals surface area contributed by atoms with Gasteiger partial charge in [0.15, 0.2) is 5.79 Å². The Morgan fingerprint density at radius 1 is 1.16 bits per heavy atom. The van der Waals surface area contributed by atoms with Crippen molar-refractivity contribution >= 4 is 5.82 Å². The van der Waals surface area contributed by atoms with Gasteiger partial charge in [-0.2, -0.15) is 0 Å². The number of anilines is 1. The van der Waals surface area contributed by atoms with Crippen LogP contribution in [-0.2, 0) is 9.47 Å². The van der Waals surface area contributed by atoms with E-state index < -0.39 is 0 Å². The van der Waals surface area contributed by atoms with Crippen molar-refractivity contribution < 1.29 is 9.47 Å². The van der Waals surface area contributed by atoms with Crippen molar-refractivity contribution in [2.75, 3.05) is 25.2 Å². The van der Waals surface area contributed by atoms with Crippen molar-refractivity contribution in [2.45, 2.75) is 44.4 Å². The molecule has 0 unspecified atom stereocenters. The van der Waals surface area contributed by atoms with Crippen LogP contribution in [0.3, 0.4) is 0 Å². The number of hydrogen-bond acceptors (Lipinski definition) is 5. The molecule has 2 fully saturated rings. The molecule has 0 N–H and O–H groups in total. The zero-order valence-corrected chi connectivity index (χ0v) is 11.6. The molecule has 1 aliphatic carbocycles. The number of hydrogen-bond donors (Lipinski definition) is 0. The van der Waals surface area contributed by atoms with Gasteiger partial charge in [-0.05, 0) is 19.8 Å². The van der Waals surface area contributed by atoms with E-state index in [-0.39, 0.29) is 5.79 Å². The highest BCUT2D eigenvalue weighted by Gasteiger charge is 2.41. The van der Waals surface area contributed by atoms with Crippen molar-refractivity contribution in [2.24, 2.45) is 0 Å². The lowest BCUT2D eigenvalue weighted by Crippen LogP contribution is -2.43. The normalized spacial score (nSPS) is 22.8. The highest BCUT2D eigenvalue weighted by atomic mass is 16.7. The SMILES string of the molecule is Cc1nccnc1N(C)C1CCC2(CC1)OCCO2. The van der Waals surface area contributed by atoms with E-state index in [1.54, 1.807) is 12.4 Å². The summed E-state index contributed by atoms with van der Waals surface area (Å²) in [5, 5.41) is 0. The minimum absolute atomic E-state index is 0.283. The first-order chi connectivity index (χ1) is 9.20. The van der Waals surface area contributed by atoms with E-state index in [2.05, 4.69) is 21.9 Å². The van der Waals surface area contributed by atoms with E-state index in [9.17, 15) is 0 Å². The van der Waals surface area contributed by atoms with Gasteiger partial charge in [0, 0.05) is 38.3 Å². The van der Waals surface area contributed by atoms with Gasteiger partial charge in [0.05, 0.1) is 18.9 Å². The van der Waals surface area contributed by atoms with Crippen LogP contribution in [0.15, 0.2) is 12.4 Å². The summed E-state index contributed by atoms with van der Waals surface area (Å²) in [5.41, 5.74) is 0.985. The molecular weight excluding hydrogens is 242 g/mol. The van der Waals surface area contributed by atoms with Crippen LogP contribution in [0.25, 0.3) is 0 Å². The molecule has 19 heavy (non-hydrogen) atoms. The first-order valence-corrected chi connectivity index (χ1v) is 6.99. The van der Waals surface area contributed by atoms with E-state index >= 15 is 0 Å². The summed E-state index contributed by atoms with van der Waals surface area (Å²) in [6.45, 7) is 3.49. The number of rotatable bonds is 2. The molecule has 0 atom stereocenters. The maximum atomic E-state index is 5.77. The third-order valence-electron chi connectivity index (χ3n) is 4.27. The van der Waals surface area contributed by atoms with Crippen LogP contribution in [0, 0.1) is 6.92 Å². The Labute approximate surface area is 113 Å². The molecule has 1 saturated carbocycles. The van der Waals surface area contributed by atoms with Crippen LogP contribution in [0.2, 0.25) is 0 Å². The molecule has 1 aliphatic heterocycles. The second-order valence-electron chi connectivity index (χ2n) is 5.42. The van der Waals surface area contributed by atoms with E-state index in [1.165, 1.54) is 0 Å². The Kier molecular flexibility index (Phi) is 3.41. The monoisotopic (exact) mass is 263 g/mol. The maximum absolute atomic E-state index is 5.77. The molecule has 1 aromatic heterocycles. The zero-order valence-electron chi connectivity index (χ0n) is 11.6. The van der Waals surface area contributed by atoms with E-state index in [0.717, 1.165) is 50.4 Å². The van der Waals surface area contributed by atoms with Gasteiger partial charge in [0.25, 0.3) is 0 Å². The third-order valence-corrected chi connectivity index (χ3v) is 4.27. The molecular formula is C14H21N3O2. The molecule has 0 bridgehead atoms. The minimum Gasteiger partial charge on any atom is -0.355 e. The van der Waals surface area contributed by atoms with Crippen molar-refractivity contribution in [3.05, 3.63) is 18.1 Å². The van der Waals surface area contributed by atoms with Crippen molar-refractivity contribution in [1.82, 2.24) is 9.97 Å². The molecule has 1 spiro atoms. The molecule has 0 aromatic carbocycles. The lowest BCUT2D eigenvalue weighted by atomic mass is 9.89. The zero-order chi connectivity index (χ0) is 13.3. The first-order valence-electron chi connectivity index (χ1n) is 6.99. The van der Waals surface area contributed by atoms with Gasteiger partial charge in [-0.1, -0.05) is 0 Å². The fraction of sp³-hybridized carbons (Fsp3) is 0.714. The molecule has 0 amide bonds. The van der Waals surface area contributed by atoms with E-state index in [4.69, 9.17) is 9.47 Å². The van der Waals surface area contributed by atoms with Gasteiger partial charge in [0.1, 0.15) is 5.82 Å². The summed E-state index contributed by atoms with van der Waals surface area (Å²) < 4.78 is 11.5. The minimum atomic E-state index is -0.283. The average molecular weight is 263 g/mol. The average Bonchev–Trinajstić information content (AvgIpc) is 2.88. The van der Waals surface area contributed by atoms with Gasteiger partial charge < -0.3 is 14.4 Å². The highest BCUT2D eigenvalue weighted by molar-refractivity contribution is 5.42. The molecule has 0 radical (unpaired) electrons. The molecule has 2 aliphatic rings. The van der Waals surface area contributed by atoms with Crippen molar-refractivity contribution in [3.8, 4) is 0 Å². The summed E-state index contributed by atoms with van der Waals surface area (Å²) >= 11 is 0. The van der Waals surface area contributed by atoms with Gasteiger partial charge in [0.2, 0.25) is 0 Å². The Hall–Kier alpha value is -1.20. The molecule has 3 rings (SSSR count). The van der Waals surface area contributed by atoms with Crippen LogP contribution in [0.5, 0.6) is 0 Å². The van der Waals surface area contributed by atoms with Gasteiger partial charge >= 0.3 is 0 Å². The van der Waals surface area contributed by atoms with Crippen LogP contribution in [0.4, 0.5) is 5.82 Å². The first kappa shape index (κ1) is 12.8. The smallest absolute Gasteiger partial charge is 0.168 e. The summed E-state index contributed by atoms with van der Waals surface area (Å²) in [6, 6.07) is 0.494. The van der Waals surface area contributed by atoms with Gasteiger partial charge in [-0.15, -0.1) is 0 Å². The number of nitrogens with zero attached hydrogens (tertiary/aromatic N) is 3. The van der Waals surface area contributed by atoms with Crippen LogP contribution >= 0.6 is 0 Å². The van der Waals surface area contributed by atoms with Gasteiger partial charge in [-0.3, -0.25) is 4.98 Å². The lowest BCUT2D eigenvalue weighted by Gasteiger charge is -2.39. The second-order valence-corrected chi connectivity index (χ2v) is 5.42. The second kappa shape index (κ2) is 5.06. The van der Waals surface area contributed by atoms with E-state index in [0.29, 0.717) is 6.04 Å². The largest absolute Gasteiger partial charge is 0.355 e. The highest BCUT2D eigenvalue weighted by Crippen LogP contribution is 2.37.